The molecule has 0 spiro atoms. The van der Waals surface area contributed by atoms with Crippen molar-refractivity contribution in [3.63, 3.8) is 0 Å². The summed E-state index contributed by atoms with van der Waals surface area (Å²) in [4.78, 5) is 12.7. The molecule has 0 bridgehead atoms. The summed E-state index contributed by atoms with van der Waals surface area (Å²) >= 11 is 0. The lowest BCUT2D eigenvalue weighted by atomic mass is 10.1. The number of aromatic nitrogens is 2. The van der Waals surface area contributed by atoms with Gasteiger partial charge in [0.2, 0.25) is 0 Å². The molecule has 2 heterocycles. The number of likely N-dealkylation sites (tertiary alicyclic amines) is 1. The maximum Gasteiger partial charge on any atom is 0.401 e. The number of aliphatic imine (C=N–C) groups is 1. The number of imidazole rings is 1. The molecular formula is C20H36F3IN6. The fourth-order valence-corrected chi connectivity index (χ4v) is 3.74. The van der Waals surface area contributed by atoms with Gasteiger partial charge in [-0.25, -0.2) is 4.98 Å². The van der Waals surface area contributed by atoms with E-state index in [0.717, 1.165) is 63.8 Å². The zero-order chi connectivity index (χ0) is 21.3. The van der Waals surface area contributed by atoms with E-state index in [4.69, 9.17) is 4.99 Å². The van der Waals surface area contributed by atoms with E-state index in [1.807, 2.05) is 26.2 Å². The Labute approximate surface area is 195 Å². The van der Waals surface area contributed by atoms with Gasteiger partial charge in [0.25, 0.3) is 0 Å². The van der Waals surface area contributed by atoms with Crippen molar-refractivity contribution in [3.05, 3.63) is 18.2 Å². The van der Waals surface area contributed by atoms with E-state index in [-0.39, 0.29) is 29.9 Å². The molecule has 1 saturated heterocycles. The summed E-state index contributed by atoms with van der Waals surface area (Å²) in [5, 5.41) is 3.33. The minimum atomic E-state index is -4.14. The normalized spacial score (nSPS) is 17.5. The van der Waals surface area contributed by atoms with Crippen LogP contribution in [0.25, 0.3) is 0 Å². The molecular weight excluding hydrogens is 508 g/mol. The monoisotopic (exact) mass is 544 g/mol. The van der Waals surface area contributed by atoms with Crippen molar-refractivity contribution in [2.24, 2.45) is 10.9 Å². The van der Waals surface area contributed by atoms with Gasteiger partial charge in [-0.1, -0.05) is 6.92 Å². The number of alkyl halides is 3. The smallest absolute Gasteiger partial charge is 0.357 e. The lowest BCUT2D eigenvalue weighted by molar-refractivity contribution is -0.146. The summed E-state index contributed by atoms with van der Waals surface area (Å²) in [5.41, 5.74) is 0. The molecule has 1 aliphatic rings. The second-order valence-electron chi connectivity index (χ2n) is 7.65. The van der Waals surface area contributed by atoms with Crippen molar-refractivity contribution in [2.45, 2.75) is 52.8 Å². The highest BCUT2D eigenvalue weighted by Crippen LogP contribution is 2.21. The minimum absolute atomic E-state index is 0. The highest BCUT2D eigenvalue weighted by Gasteiger charge is 2.32. The molecule has 1 fully saturated rings. The Morgan fingerprint density at radius 2 is 2.10 bits per heavy atom. The van der Waals surface area contributed by atoms with Crippen LogP contribution in [-0.2, 0) is 6.54 Å². The highest BCUT2D eigenvalue weighted by molar-refractivity contribution is 14.0. The van der Waals surface area contributed by atoms with Crippen LogP contribution < -0.4 is 5.32 Å². The average molecular weight is 544 g/mol. The Balaban J connectivity index is 0.00000450. The van der Waals surface area contributed by atoms with Crippen molar-refractivity contribution in [1.82, 2.24) is 24.7 Å². The fourth-order valence-electron chi connectivity index (χ4n) is 3.74. The van der Waals surface area contributed by atoms with Crippen LogP contribution in [0.3, 0.4) is 0 Å². The molecule has 1 unspecified atom stereocenters. The lowest BCUT2D eigenvalue weighted by Gasteiger charge is -2.26. The van der Waals surface area contributed by atoms with Crippen LogP contribution in [0.4, 0.5) is 13.2 Å². The number of guanidine groups is 1. The van der Waals surface area contributed by atoms with Crippen LogP contribution in [0.5, 0.6) is 0 Å². The molecule has 0 aromatic carbocycles. The largest absolute Gasteiger partial charge is 0.401 e. The van der Waals surface area contributed by atoms with E-state index in [9.17, 15) is 13.2 Å². The SMILES string of the molecule is CCNC(=NCCCCn1ccnc1C)N1CCC(CN(CC)CC(F)(F)F)C1.I. The molecule has 1 N–H and O–H groups in total. The average Bonchev–Trinajstić information content (AvgIpc) is 3.28. The Hall–Kier alpha value is -1.04. The third-order valence-electron chi connectivity index (χ3n) is 5.28. The van der Waals surface area contributed by atoms with Crippen LogP contribution in [0, 0.1) is 12.8 Å². The third-order valence-corrected chi connectivity index (χ3v) is 5.28. The van der Waals surface area contributed by atoms with Crippen molar-refractivity contribution in [3.8, 4) is 0 Å². The first-order valence-corrected chi connectivity index (χ1v) is 10.6. The zero-order valence-electron chi connectivity index (χ0n) is 18.3. The quantitative estimate of drug-likeness (QED) is 0.211. The second-order valence-corrected chi connectivity index (χ2v) is 7.65. The van der Waals surface area contributed by atoms with Crippen molar-refractivity contribution >= 4 is 29.9 Å². The van der Waals surface area contributed by atoms with Crippen LogP contribution in [0.2, 0.25) is 0 Å². The van der Waals surface area contributed by atoms with Gasteiger partial charge in [-0.2, -0.15) is 13.2 Å². The van der Waals surface area contributed by atoms with Crippen molar-refractivity contribution in [1.29, 1.82) is 0 Å². The molecule has 1 aliphatic heterocycles. The first-order valence-electron chi connectivity index (χ1n) is 10.6. The molecule has 174 valence electrons. The summed E-state index contributed by atoms with van der Waals surface area (Å²) in [6, 6.07) is 0. The standard InChI is InChI=1S/C20H35F3N6.HI/c1-4-24-19(26-9-6-7-11-28-13-10-25-17(28)3)29-12-8-18(15-29)14-27(5-2)16-20(21,22)23;/h10,13,18H,4-9,11-12,14-16H2,1-3H3,(H,24,26);1H. The molecule has 6 nitrogen and oxygen atoms in total. The lowest BCUT2D eigenvalue weighted by Crippen LogP contribution is -2.41. The van der Waals surface area contributed by atoms with E-state index in [2.05, 4.69) is 19.8 Å². The van der Waals surface area contributed by atoms with Gasteiger partial charge in [0, 0.05) is 51.7 Å². The number of aryl methyl sites for hydroxylation is 2. The van der Waals surface area contributed by atoms with E-state index in [0.29, 0.717) is 13.1 Å². The molecule has 0 radical (unpaired) electrons. The minimum Gasteiger partial charge on any atom is -0.357 e. The first-order chi connectivity index (χ1) is 13.8. The maximum atomic E-state index is 12.7. The summed E-state index contributed by atoms with van der Waals surface area (Å²) in [6.45, 7) is 9.96. The summed E-state index contributed by atoms with van der Waals surface area (Å²) < 4.78 is 40.2. The predicted molar refractivity (Wildman–Crippen MR) is 125 cm³/mol. The molecule has 1 aromatic rings. The van der Waals surface area contributed by atoms with Crippen LogP contribution in [-0.4, -0.2) is 77.3 Å². The van der Waals surface area contributed by atoms with Gasteiger partial charge in [-0.3, -0.25) is 9.89 Å². The first kappa shape index (κ1) is 27.0. The summed E-state index contributed by atoms with van der Waals surface area (Å²) in [5.74, 6) is 2.15. The number of nitrogens with one attached hydrogen (secondary N) is 1. The van der Waals surface area contributed by atoms with Gasteiger partial charge in [-0.15, -0.1) is 24.0 Å². The molecule has 0 aliphatic carbocycles. The topological polar surface area (TPSA) is 48.7 Å². The van der Waals surface area contributed by atoms with Gasteiger partial charge in [0.15, 0.2) is 5.96 Å². The van der Waals surface area contributed by atoms with Gasteiger partial charge < -0.3 is 14.8 Å². The maximum absolute atomic E-state index is 12.7. The third kappa shape index (κ3) is 9.40. The van der Waals surface area contributed by atoms with Crippen molar-refractivity contribution in [2.75, 3.05) is 45.8 Å². The molecule has 0 amide bonds. The number of rotatable bonds is 10. The molecule has 2 rings (SSSR count). The molecule has 10 heteroatoms. The highest BCUT2D eigenvalue weighted by atomic mass is 127. The number of halogens is 4. The van der Waals surface area contributed by atoms with E-state index in [1.54, 1.807) is 6.92 Å². The zero-order valence-corrected chi connectivity index (χ0v) is 20.6. The predicted octanol–water partition coefficient (Wildman–Crippen LogP) is 3.76. The fraction of sp³-hybridized carbons (Fsp3) is 0.800. The Morgan fingerprint density at radius 3 is 2.70 bits per heavy atom. The van der Waals surface area contributed by atoms with Crippen molar-refractivity contribution < 1.29 is 13.2 Å². The Kier molecular flexibility index (Phi) is 12.0. The Bertz CT molecular complexity index is 634. The van der Waals surface area contributed by atoms with Crippen LogP contribution in [0.1, 0.15) is 38.9 Å². The van der Waals surface area contributed by atoms with Gasteiger partial charge in [-0.05, 0) is 45.6 Å². The van der Waals surface area contributed by atoms with Gasteiger partial charge in [0.1, 0.15) is 5.82 Å². The molecule has 30 heavy (non-hydrogen) atoms. The second kappa shape index (κ2) is 13.4. The van der Waals surface area contributed by atoms with E-state index in [1.165, 1.54) is 4.90 Å². The molecule has 1 atom stereocenters. The van der Waals surface area contributed by atoms with Gasteiger partial charge >= 0.3 is 6.18 Å². The summed E-state index contributed by atoms with van der Waals surface area (Å²) in [6.07, 6.45) is 2.59. The van der Waals surface area contributed by atoms with Gasteiger partial charge in [0.05, 0.1) is 6.54 Å². The molecule has 0 saturated carbocycles. The van der Waals surface area contributed by atoms with Crippen LogP contribution in [0.15, 0.2) is 17.4 Å². The molecule has 1 aromatic heterocycles. The number of hydrogen-bond acceptors (Lipinski definition) is 3. The van der Waals surface area contributed by atoms with Crippen LogP contribution >= 0.6 is 24.0 Å². The number of unbranched alkanes of at least 4 members (excludes halogenated alkanes) is 1. The summed E-state index contributed by atoms with van der Waals surface area (Å²) in [7, 11) is 0. The number of hydrogen-bond donors (Lipinski definition) is 1. The number of nitrogens with zero attached hydrogens (tertiary/aromatic N) is 5. The Morgan fingerprint density at radius 1 is 1.33 bits per heavy atom. The van der Waals surface area contributed by atoms with E-state index < -0.39 is 12.7 Å². The van der Waals surface area contributed by atoms with E-state index >= 15 is 0 Å².